The maximum atomic E-state index is 12.6. The van der Waals surface area contributed by atoms with Crippen molar-refractivity contribution in [1.82, 2.24) is 15.0 Å². The molecule has 0 saturated carbocycles. The number of amides is 2. The highest BCUT2D eigenvalue weighted by Gasteiger charge is 2.28. The summed E-state index contributed by atoms with van der Waals surface area (Å²) < 4.78 is 5.42. The number of carbonyl (C=O) groups excluding carboxylic acids is 2. The van der Waals surface area contributed by atoms with Gasteiger partial charge in [0.15, 0.2) is 5.13 Å². The lowest BCUT2D eigenvalue weighted by Crippen LogP contribution is -2.38. The molecule has 146 valence electrons. The predicted octanol–water partition coefficient (Wildman–Crippen LogP) is 3.03. The highest BCUT2D eigenvalue weighted by molar-refractivity contribution is 7.19. The maximum absolute atomic E-state index is 12.6. The van der Waals surface area contributed by atoms with E-state index >= 15 is 0 Å². The molecule has 1 N–H and O–H groups in total. The molecule has 1 aliphatic rings. The molecule has 3 rings (SSSR count). The predicted molar refractivity (Wildman–Crippen MR) is 107 cm³/mol. The van der Waals surface area contributed by atoms with Crippen molar-refractivity contribution in [3.63, 3.8) is 0 Å². The van der Waals surface area contributed by atoms with Crippen molar-refractivity contribution in [3.8, 4) is 22.9 Å². The van der Waals surface area contributed by atoms with E-state index in [2.05, 4.69) is 26.2 Å². The van der Waals surface area contributed by atoms with Gasteiger partial charge in [-0.1, -0.05) is 17.3 Å². The van der Waals surface area contributed by atoms with Crippen LogP contribution in [-0.2, 0) is 22.4 Å². The number of carbonyl (C=O) groups is 2. The smallest absolute Gasteiger partial charge is 0.418 e. The molecular weight excluding hydrogens is 378 g/mol. The van der Waals surface area contributed by atoms with Crippen molar-refractivity contribution in [2.24, 2.45) is 0 Å². The van der Waals surface area contributed by atoms with Crippen LogP contribution in [0.25, 0.3) is 10.6 Å². The van der Waals surface area contributed by atoms with Gasteiger partial charge < -0.3 is 10.1 Å². The number of nitrogens with one attached hydrogen (secondary N) is 1. The summed E-state index contributed by atoms with van der Waals surface area (Å²) in [6, 6.07) is 0. The molecule has 0 aromatic carbocycles. The van der Waals surface area contributed by atoms with Crippen LogP contribution in [0.2, 0.25) is 0 Å². The van der Waals surface area contributed by atoms with Gasteiger partial charge in [-0.15, -0.1) is 6.42 Å². The quantitative estimate of drug-likeness (QED) is 0.797. The number of fused-ring (bicyclic) bond motifs is 3. The number of aryl methyl sites for hydroxylation is 2. The first-order valence-electron chi connectivity index (χ1n) is 8.75. The molecule has 2 aromatic rings. The van der Waals surface area contributed by atoms with E-state index in [0.717, 1.165) is 29.0 Å². The van der Waals surface area contributed by atoms with Gasteiger partial charge in [-0.2, -0.15) is 0 Å². The van der Waals surface area contributed by atoms with Crippen molar-refractivity contribution < 1.29 is 14.3 Å². The molecule has 0 aliphatic heterocycles. The van der Waals surface area contributed by atoms with Gasteiger partial charge in [0.05, 0.1) is 22.8 Å². The van der Waals surface area contributed by atoms with E-state index in [1.54, 1.807) is 27.0 Å². The van der Waals surface area contributed by atoms with Crippen LogP contribution in [0.1, 0.15) is 39.0 Å². The van der Waals surface area contributed by atoms with Gasteiger partial charge in [-0.05, 0) is 39.2 Å². The highest BCUT2D eigenvalue weighted by Crippen LogP contribution is 2.38. The summed E-state index contributed by atoms with van der Waals surface area (Å²) >= 11 is 1.35. The van der Waals surface area contributed by atoms with Gasteiger partial charge in [0.1, 0.15) is 5.60 Å². The molecule has 28 heavy (non-hydrogen) atoms. The topological polar surface area (TPSA) is 97.3 Å². The molecule has 0 radical (unpaired) electrons. The first-order valence-corrected chi connectivity index (χ1v) is 9.57. The third kappa shape index (κ3) is 4.28. The Labute approximate surface area is 167 Å². The standard InChI is InChI=1S/C19H21N5O3S/c1-6-9-24(18(26)27-19(3,4)5)16-20-10-12-7-8-13-15(14(12)23-16)28-17(22-13)21-11(2)25/h1,10H,7-9H2,2-5H3,(H,21,22,25). The van der Waals surface area contributed by atoms with E-state index in [1.807, 2.05) is 0 Å². The molecular formula is C19H21N5O3S. The van der Waals surface area contributed by atoms with Crippen molar-refractivity contribution in [2.45, 2.75) is 46.1 Å². The number of thiazole rings is 1. The first-order chi connectivity index (χ1) is 13.2. The number of anilines is 2. The number of terminal acetylenes is 1. The molecule has 0 fully saturated rings. The molecule has 2 heterocycles. The van der Waals surface area contributed by atoms with E-state index in [-0.39, 0.29) is 18.4 Å². The van der Waals surface area contributed by atoms with Crippen LogP contribution in [0, 0.1) is 12.3 Å². The lowest BCUT2D eigenvalue weighted by molar-refractivity contribution is -0.114. The maximum Gasteiger partial charge on any atom is 0.418 e. The number of hydrogen-bond acceptors (Lipinski definition) is 7. The minimum atomic E-state index is -0.670. The minimum absolute atomic E-state index is 0.0135. The number of rotatable bonds is 3. The van der Waals surface area contributed by atoms with Gasteiger partial charge in [0, 0.05) is 13.1 Å². The summed E-state index contributed by atoms with van der Waals surface area (Å²) in [6.07, 6.45) is 7.99. The highest BCUT2D eigenvalue weighted by atomic mass is 32.1. The average molecular weight is 399 g/mol. The Bertz CT molecular complexity index is 971. The molecule has 8 nitrogen and oxygen atoms in total. The Morgan fingerprint density at radius 3 is 2.75 bits per heavy atom. The largest absolute Gasteiger partial charge is 0.443 e. The fourth-order valence-electron chi connectivity index (χ4n) is 2.70. The van der Waals surface area contributed by atoms with Crippen molar-refractivity contribution in [2.75, 3.05) is 16.8 Å². The lowest BCUT2D eigenvalue weighted by atomic mass is 10.00. The van der Waals surface area contributed by atoms with Crippen LogP contribution in [0.4, 0.5) is 15.9 Å². The zero-order chi connectivity index (χ0) is 20.5. The second kappa shape index (κ2) is 7.56. The second-order valence-corrected chi connectivity index (χ2v) is 8.29. The Balaban J connectivity index is 1.98. The summed E-state index contributed by atoms with van der Waals surface area (Å²) in [5, 5.41) is 3.23. The Hall–Kier alpha value is -2.99. The number of ether oxygens (including phenoxy) is 1. The van der Waals surface area contributed by atoms with E-state index < -0.39 is 11.7 Å². The molecule has 0 bridgehead atoms. The zero-order valence-corrected chi connectivity index (χ0v) is 17.0. The zero-order valence-electron chi connectivity index (χ0n) is 16.2. The average Bonchev–Trinajstić information content (AvgIpc) is 2.99. The first kappa shape index (κ1) is 19.8. The van der Waals surface area contributed by atoms with Crippen LogP contribution in [0.3, 0.4) is 0 Å². The SMILES string of the molecule is C#CCN(C(=O)OC(C)(C)C)c1ncc2c(n1)-c1sc(NC(C)=O)nc1CC2. The van der Waals surface area contributed by atoms with Crippen molar-refractivity contribution in [3.05, 3.63) is 17.5 Å². The van der Waals surface area contributed by atoms with E-state index in [9.17, 15) is 9.59 Å². The summed E-state index contributed by atoms with van der Waals surface area (Å²) in [5.74, 6) is 2.44. The molecule has 2 aromatic heterocycles. The minimum Gasteiger partial charge on any atom is -0.443 e. The van der Waals surface area contributed by atoms with Gasteiger partial charge in [0.2, 0.25) is 11.9 Å². The molecule has 0 unspecified atom stereocenters. The normalized spacial score (nSPS) is 12.4. The number of aromatic nitrogens is 3. The van der Waals surface area contributed by atoms with E-state index in [0.29, 0.717) is 10.8 Å². The van der Waals surface area contributed by atoms with Gasteiger partial charge in [-0.25, -0.2) is 24.6 Å². The fourth-order valence-corrected chi connectivity index (χ4v) is 3.78. The van der Waals surface area contributed by atoms with Gasteiger partial charge in [-0.3, -0.25) is 4.79 Å². The summed E-state index contributed by atoms with van der Waals surface area (Å²) in [4.78, 5) is 39.4. The summed E-state index contributed by atoms with van der Waals surface area (Å²) in [5.41, 5.74) is 1.85. The molecule has 0 spiro atoms. The van der Waals surface area contributed by atoms with E-state index in [4.69, 9.17) is 11.2 Å². The van der Waals surface area contributed by atoms with E-state index in [1.165, 1.54) is 23.2 Å². The Kier molecular flexibility index (Phi) is 5.34. The molecule has 0 atom stereocenters. The van der Waals surface area contributed by atoms with Crippen LogP contribution in [0.15, 0.2) is 6.20 Å². The van der Waals surface area contributed by atoms with Crippen LogP contribution in [-0.4, -0.2) is 39.1 Å². The number of hydrogen-bond donors (Lipinski definition) is 1. The monoisotopic (exact) mass is 399 g/mol. The van der Waals surface area contributed by atoms with Gasteiger partial charge in [0.25, 0.3) is 0 Å². The lowest BCUT2D eigenvalue weighted by Gasteiger charge is -2.25. The summed E-state index contributed by atoms with van der Waals surface area (Å²) in [6.45, 7) is 6.76. The second-order valence-electron chi connectivity index (χ2n) is 7.29. The molecule has 9 heteroatoms. The third-order valence-corrected chi connectivity index (χ3v) is 4.80. The van der Waals surface area contributed by atoms with Crippen LogP contribution < -0.4 is 10.2 Å². The number of nitrogens with zero attached hydrogens (tertiary/aromatic N) is 4. The fraction of sp³-hybridized carbons (Fsp3) is 0.421. The Morgan fingerprint density at radius 1 is 1.36 bits per heavy atom. The third-order valence-electron chi connectivity index (χ3n) is 3.78. The van der Waals surface area contributed by atoms with Crippen LogP contribution in [0.5, 0.6) is 0 Å². The molecule has 2 amide bonds. The molecule has 1 aliphatic carbocycles. The summed E-state index contributed by atoms with van der Waals surface area (Å²) in [7, 11) is 0. The van der Waals surface area contributed by atoms with Gasteiger partial charge >= 0.3 is 6.09 Å². The molecule has 0 saturated heterocycles. The van der Waals surface area contributed by atoms with Crippen molar-refractivity contribution >= 4 is 34.4 Å². The Morgan fingerprint density at radius 2 is 2.11 bits per heavy atom. The van der Waals surface area contributed by atoms with Crippen molar-refractivity contribution in [1.29, 1.82) is 0 Å². The van der Waals surface area contributed by atoms with Crippen LogP contribution >= 0.6 is 11.3 Å².